The molecule has 1 N–H and O–H groups in total. The highest BCUT2D eigenvalue weighted by Gasteiger charge is 2.39. The van der Waals surface area contributed by atoms with Crippen molar-refractivity contribution in [3.63, 3.8) is 0 Å². The maximum absolute atomic E-state index is 13.6. The monoisotopic (exact) mass is 492 g/mol. The van der Waals surface area contributed by atoms with Crippen LogP contribution >= 0.6 is 11.6 Å². The van der Waals surface area contributed by atoms with Crippen molar-refractivity contribution in [2.75, 3.05) is 25.7 Å². The number of carbonyl (C=O) groups is 3. The summed E-state index contributed by atoms with van der Waals surface area (Å²) in [7, 11) is 2.77. The number of nitrogens with one attached hydrogen (secondary N) is 1. The minimum atomic E-state index is -0.930. The number of ether oxygens (including phenoxy) is 3. The Labute approximate surface area is 206 Å². The van der Waals surface area contributed by atoms with Gasteiger partial charge >= 0.3 is 6.03 Å². The number of imide groups is 2. The van der Waals surface area contributed by atoms with E-state index in [-0.39, 0.29) is 34.4 Å². The van der Waals surface area contributed by atoms with Crippen molar-refractivity contribution in [2.45, 2.75) is 0 Å². The number of halogens is 1. The topological polar surface area (TPSA) is 94.2 Å². The summed E-state index contributed by atoms with van der Waals surface area (Å²) in [6, 6.07) is 13.0. The van der Waals surface area contributed by atoms with Crippen molar-refractivity contribution >= 4 is 52.0 Å². The number of anilines is 1. The molecule has 1 heterocycles. The van der Waals surface area contributed by atoms with Crippen molar-refractivity contribution in [2.24, 2.45) is 0 Å². The fourth-order valence-electron chi connectivity index (χ4n) is 3.74. The summed E-state index contributed by atoms with van der Waals surface area (Å²) >= 11 is 6.17. The molecule has 9 heteroatoms. The van der Waals surface area contributed by atoms with E-state index in [0.29, 0.717) is 11.3 Å². The molecule has 0 aliphatic carbocycles. The summed E-state index contributed by atoms with van der Waals surface area (Å²) < 4.78 is 16.3. The molecule has 0 radical (unpaired) electrons. The summed E-state index contributed by atoms with van der Waals surface area (Å²) in [4.78, 5) is 39.9. The van der Waals surface area contributed by atoms with Crippen LogP contribution in [0.1, 0.15) is 5.56 Å². The molecule has 1 fully saturated rings. The second kappa shape index (κ2) is 9.90. The molecule has 0 bridgehead atoms. The van der Waals surface area contributed by atoms with E-state index < -0.39 is 17.8 Å². The minimum absolute atomic E-state index is 0.0655. The van der Waals surface area contributed by atoms with Crippen LogP contribution in [-0.2, 0) is 9.59 Å². The Morgan fingerprint density at radius 1 is 1.00 bits per heavy atom. The van der Waals surface area contributed by atoms with Gasteiger partial charge in [0, 0.05) is 17.7 Å². The number of amides is 4. The third-order valence-electron chi connectivity index (χ3n) is 5.37. The second-order valence-corrected chi connectivity index (χ2v) is 7.82. The van der Waals surface area contributed by atoms with Crippen LogP contribution < -0.4 is 24.4 Å². The summed E-state index contributed by atoms with van der Waals surface area (Å²) in [6.45, 7) is 3.88. The number of hydrogen-bond donors (Lipinski definition) is 1. The maximum atomic E-state index is 13.6. The standard InChI is InChI=1S/C26H21ClN2O6/c1-4-11-35-21-10-9-15-7-5-6-8-16(15)17(21)12-18-24(30)28-26(32)29(25(18)31)20-14-22(33-2)19(27)13-23(20)34-3/h4-10,12-14H,1,11H2,2-3H3,(H,28,30,32)/b18-12+. The Kier molecular flexibility index (Phi) is 6.75. The van der Waals surface area contributed by atoms with E-state index in [4.69, 9.17) is 25.8 Å². The number of hydrogen-bond acceptors (Lipinski definition) is 6. The van der Waals surface area contributed by atoms with E-state index in [9.17, 15) is 14.4 Å². The molecule has 0 unspecified atom stereocenters. The quantitative estimate of drug-likeness (QED) is 0.291. The minimum Gasteiger partial charge on any atom is -0.495 e. The molecule has 8 nitrogen and oxygen atoms in total. The van der Waals surface area contributed by atoms with Gasteiger partial charge in [-0.05, 0) is 22.9 Å². The highest BCUT2D eigenvalue weighted by molar-refractivity contribution is 6.40. The number of carbonyl (C=O) groups excluding carboxylic acids is 3. The number of methoxy groups -OCH3 is 2. The summed E-state index contributed by atoms with van der Waals surface area (Å²) in [5.74, 6) is -0.860. The van der Waals surface area contributed by atoms with E-state index in [2.05, 4.69) is 11.9 Å². The lowest BCUT2D eigenvalue weighted by Crippen LogP contribution is -2.54. The lowest BCUT2D eigenvalue weighted by atomic mass is 9.99. The fraction of sp³-hybridized carbons (Fsp3) is 0.115. The summed E-state index contributed by atoms with van der Waals surface area (Å²) in [5.41, 5.74) is 0.314. The van der Waals surface area contributed by atoms with Gasteiger partial charge in [0.2, 0.25) is 0 Å². The largest absolute Gasteiger partial charge is 0.495 e. The fourth-order valence-corrected chi connectivity index (χ4v) is 3.97. The SMILES string of the molecule is C=CCOc1ccc2ccccc2c1/C=C1\C(=O)NC(=O)N(c2cc(OC)c(Cl)cc2OC)C1=O. The molecule has 0 spiro atoms. The van der Waals surface area contributed by atoms with Gasteiger partial charge in [-0.15, -0.1) is 0 Å². The van der Waals surface area contributed by atoms with Crippen molar-refractivity contribution in [1.29, 1.82) is 0 Å². The van der Waals surface area contributed by atoms with E-state index in [1.165, 1.54) is 32.4 Å². The molecule has 4 rings (SSSR count). The Hall–Kier alpha value is -4.30. The molecule has 0 aromatic heterocycles. The van der Waals surface area contributed by atoms with Crippen LogP contribution in [0, 0.1) is 0 Å². The van der Waals surface area contributed by atoms with Crippen molar-refractivity contribution in [1.82, 2.24) is 5.32 Å². The van der Waals surface area contributed by atoms with Crippen LogP contribution in [0.3, 0.4) is 0 Å². The molecule has 0 saturated carbocycles. The van der Waals surface area contributed by atoms with Crippen molar-refractivity contribution < 1.29 is 28.6 Å². The Morgan fingerprint density at radius 3 is 2.46 bits per heavy atom. The molecule has 35 heavy (non-hydrogen) atoms. The van der Waals surface area contributed by atoms with Crippen LogP contribution in [0.4, 0.5) is 10.5 Å². The first-order valence-corrected chi connectivity index (χ1v) is 10.9. The van der Waals surface area contributed by atoms with E-state index in [1.54, 1.807) is 12.1 Å². The van der Waals surface area contributed by atoms with E-state index >= 15 is 0 Å². The third kappa shape index (κ3) is 4.43. The van der Waals surface area contributed by atoms with E-state index in [0.717, 1.165) is 15.7 Å². The molecular formula is C26H21ClN2O6. The lowest BCUT2D eigenvalue weighted by Gasteiger charge is -2.28. The predicted octanol–water partition coefficient (Wildman–Crippen LogP) is 4.74. The number of nitrogens with zero attached hydrogens (tertiary/aromatic N) is 1. The molecule has 178 valence electrons. The highest BCUT2D eigenvalue weighted by Crippen LogP contribution is 2.40. The molecule has 4 amide bonds. The second-order valence-electron chi connectivity index (χ2n) is 7.41. The zero-order valence-electron chi connectivity index (χ0n) is 19.0. The lowest BCUT2D eigenvalue weighted by molar-refractivity contribution is -0.122. The smallest absolute Gasteiger partial charge is 0.336 e. The Morgan fingerprint density at radius 2 is 1.74 bits per heavy atom. The van der Waals surface area contributed by atoms with Gasteiger partial charge in [-0.3, -0.25) is 14.9 Å². The third-order valence-corrected chi connectivity index (χ3v) is 5.67. The first-order chi connectivity index (χ1) is 16.9. The van der Waals surface area contributed by atoms with Gasteiger partial charge < -0.3 is 14.2 Å². The number of rotatable bonds is 7. The van der Waals surface area contributed by atoms with Crippen LogP contribution in [0.25, 0.3) is 16.8 Å². The van der Waals surface area contributed by atoms with Gasteiger partial charge in [0.05, 0.1) is 24.9 Å². The Bertz CT molecular complexity index is 1400. The zero-order valence-corrected chi connectivity index (χ0v) is 19.7. The average molecular weight is 493 g/mol. The molecule has 1 aliphatic rings. The van der Waals surface area contributed by atoms with Gasteiger partial charge in [-0.2, -0.15) is 0 Å². The zero-order chi connectivity index (χ0) is 25.1. The molecule has 0 atom stereocenters. The molecule has 1 aliphatic heterocycles. The van der Waals surface area contributed by atoms with Gasteiger partial charge in [-0.1, -0.05) is 54.6 Å². The molecule has 3 aromatic carbocycles. The normalized spacial score (nSPS) is 14.8. The maximum Gasteiger partial charge on any atom is 0.336 e. The number of urea groups is 1. The number of barbiturate groups is 1. The highest BCUT2D eigenvalue weighted by atomic mass is 35.5. The first-order valence-electron chi connectivity index (χ1n) is 10.5. The van der Waals surface area contributed by atoms with Crippen molar-refractivity contribution in [3.05, 3.63) is 77.3 Å². The molecule has 3 aromatic rings. The Balaban J connectivity index is 1.88. The van der Waals surface area contributed by atoms with Crippen molar-refractivity contribution in [3.8, 4) is 17.2 Å². The van der Waals surface area contributed by atoms with Crippen LogP contribution in [0.5, 0.6) is 17.2 Å². The van der Waals surface area contributed by atoms with E-state index in [1.807, 2.05) is 30.3 Å². The average Bonchev–Trinajstić information content (AvgIpc) is 2.85. The van der Waals surface area contributed by atoms with Crippen LogP contribution in [0.15, 0.2) is 66.8 Å². The first kappa shape index (κ1) is 23.8. The summed E-state index contributed by atoms with van der Waals surface area (Å²) in [6.07, 6.45) is 3.00. The molecular weight excluding hydrogens is 472 g/mol. The van der Waals surface area contributed by atoms with Gasteiger partial charge in [0.15, 0.2) is 0 Å². The molecule has 1 saturated heterocycles. The summed E-state index contributed by atoms with van der Waals surface area (Å²) in [5, 5.41) is 4.08. The van der Waals surface area contributed by atoms with Gasteiger partial charge in [0.25, 0.3) is 11.8 Å². The number of fused-ring (bicyclic) bond motifs is 1. The predicted molar refractivity (Wildman–Crippen MR) is 133 cm³/mol. The van der Waals surface area contributed by atoms with Crippen LogP contribution in [-0.4, -0.2) is 38.7 Å². The number of benzene rings is 3. The van der Waals surface area contributed by atoms with Crippen LogP contribution in [0.2, 0.25) is 5.02 Å². The van der Waals surface area contributed by atoms with Gasteiger partial charge in [0.1, 0.15) is 29.4 Å². The van der Waals surface area contributed by atoms with Gasteiger partial charge in [-0.25, -0.2) is 9.69 Å².